The summed E-state index contributed by atoms with van der Waals surface area (Å²) >= 11 is 0. The van der Waals surface area contributed by atoms with Crippen molar-refractivity contribution >= 4 is 17.7 Å². The molecule has 0 saturated heterocycles. The number of carbonyl (C=O) groups excluding carboxylic acids is 1. The zero-order valence-corrected chi connectivity index (χ0v) is 13.2. The zero-order valence-electron chi connectivity index (χ0n) is 13.2. The molecule has 23 heavy (non-hydrogen) atoms. The van der Waals surface area contributed by atoms with E-state index in [2.05, 4.69) is 5.32 Å². The van der Waals surface area contributed by atoms with E-state index in [0.717, 1.165) is 0 Å². The lowest BCUT2D eigenvalue weighted by Crippen LogP contribution is -2.13. The first-order valence-corrected chi connectivity index (χ1v) is 7.01. The minimum absolute atomic E-state index is 0.336. The van der Waals surface area contributed by atoms with Crippen LogP contribution in [0.4, 0.5) is 10.1 Å². The molecule has 0 heterocycles. The molecule has 2 rings (SSSR count). The number of hydrogen-bond acceptors (Lipinski definition) is 3. The number of rotatable bonds is 5. The minimum atomic E-state index is -0.373. The Labute approximate surface area is 134 Å². The maximum Gasteiger partial charge on any atom is 0.251 e. The Morgan fingerprint density at radius 1 is 1.13 bits per heavy atom. The molecule has 0 fully saturated rings. The average molecular weight is 315 g/mol. The number of amides is 1. The molecule has 120 valence electrons. The Hall–Kier alpha value is -2.82. The third-order valence-corrected chi connectivity index (χ3v) is 3.29. The second-order valence-corrected chi connectivity index (χ2v) is 4.87. The van der Waals surface area contributed by atoms with Gasteiger partial charge in [-0.15, -0.1) is 0 Å². The molecule has 1 N–H and O–H groups in total. The van der Waals surface area contributed by atoms with Crippen LogP contribution in [0.1, 0.15) is 12.5 Å². The maximum absolute atomic E-state index is 13.6. The predicted octanol–water partition coefficient (Wildman–Crippen LogP) is 3.88. The normalized spacial score (nSPS) is 11.0. The number of nitrogens with one attached hydrogen (secondary N) is 1. The fraction of sp³-hybridized carbons (Fsp3) is 0.167. The maximum atomic E-state index is 13.6. The lowest BCUT2D eigenvalue weighted by Gasteiger charge is -2.12. The Morgan fingerprint density at radius 2 is 1.87 bits per heavy atom. The molecule has 1 amide bonds. The van der Waals surface area contributed by atoms with E-state index in [9.17, 15) is 9.18 Å². The molecule has 0 bridgehead atoms. The molecular formula is C18H18FNO3. The minimum Gasteiger partial charge on any atom is -0.497 e. The van der Waals surface area contributed by atoms with Crippen molar-refractivity contribution in [2.45, 2.75) is 6.92 Å². The van der Waals surface area contributed by atoms with Crippen LogP contribution in [-0.2, 0) is 4.79 Å². The summed E-state index contributed by atoms with van der Waals surface area (Å²) < 4.78 is 24.0. The Balaban J connectivity index is 2.20. The molecule has 2 aromatic carbocycles. The van der Waals surface area contributed by atoms with Gasteiger partial charge in [0.25, 0.3) is 5.91 Å². The van der Waals surface area contributed by atoms with Gasteiger partial charge < -0.3 is 14.8 Å². The van der Waals surface area contributed by atoms with E-state index in [1.807, 2.05) is 0 Å². The average Bonchev–Trinajstić information content (AvgIpc) is 2.57. The fourth-order valence-corrected chi connectivity index (χ4v) is 2.01. The van der Waals surface area contributed by atoms with Gasteiger partial charge in [0, 0.05) is 17.2 Å². The summed E-state index contributed by atoms with van der Waals surface area (Å²) in [5.74, 6) is 0.397. The number of carbonyl (C=O) groups is 1. The molecule has 4 nitrogen and oxygen atoms in total. The summed E-state index contributed by atoms with van der Waals surface area (Å²) in [7, 11) is 3.06. The summed E-state index contributed by atoms with van der Waals surface area (Å²) in [6, 6.07) is 11.4. The van der Waals surface area contributed by atoms with Crippen molar-refractivity contribution in [2.75, 3.05) is 19.5 Å². The summed E-state index contributed by atoms with van der Waals surface area (Å²) in [6.07, 6.45) is 1.50. The van der Waals surface area contributed by atoms with Crippen LogP contribution in [0, 0.1) is 5.82 Å². The first kappa shape index (κ1) is 16.5. The van der Waals surface area contributed by atoms with Crippen LogP contribution < -0.4 is 14.8 Å². The zero-order chi connectivity index (χ0) is 16.8. The first-order valence-electron chi connectivity index (χ1n) is 7.01. The smallest absolute Gasteiger partial charge is 0.251 e. The number of halogens is 1. The largest absolute Gasteiger partial charge is 0.497 e. The SMILES string of the molecule is COc1ccc(NC(=O)/C(C)=C/c2ccccc2F)c(OC)c1. The number of methoxy groups -OCH3 is 2. The molecule has 2 aromatic rings. The van der Waals surface area contributed by atoms with Crippen LogP contribution in [0.2, 0.25) is 0 Å². The van der Waals surface area contributed by atoms with Crippen molar-refractivity contribution in [1.82, 2.24) is 0 Å². The molecule has 0 aliphatic heterocycles. The van der Waals surface area contributed by atoms with E-state index in [0.29, 0.717) is 28.3 Å². The Morgan fingerprint density at radius 3 is 2.52 bits per heavy atom. The standard InChI is InChI=1S/C18H18FNO3/c1-12(10-13-6-4-5-7-15(13)19)18(21)20-16-9-8-14(22-2)11-17(16)23-3/h4-11H,1-3H3,(H,20,21)/b12-10+. The van der Waals surface area contributed by atoms with Crippen LogP contribution in [-0.4, -0.2) is 20.1 Å². The van der Waals surface area contributed by atoms with Gasteiger partial charge in [-0.1, -0.05) is 18.2 Å². The van der Waals surface area contributed by atoms with E-state index in [1.165, 1.54) is 19.3 Å². The van der Waals surface area contributed by atoms with Crippen molar-refractivity contribution in [1.29, 1.82) is 0 Å². The summed E-state index contributed by atoms with van der Waals surface area (Å²) in [4.78, 5) is 12.3. The van der Waals surface area contributed by atoms with Crippen LogP contribution in [0.5, 0.6) is 11.5 Å². The molecular weight excluding hydrogens is 297 g/mol. The highest BCUT2D eigenvalue weighted by Crippen LogP contribution is 2.29. The number of anilines is 1. The summed E-state index contributed by atoms with van der Waals surface area (Å²) in [5.41, 5.74) is 1.26. The van der Waals surface area contributed by atoms with E-state index < -0.39 is 0 Å². The van der Waals surface area contributed by atoms with E-state index in [1.54, 1.807) is 50.4 Å². The van der Waals surface area contributed by atoms with Crippen LogP contribution in [0.15, 0.2) is 48.0 Å². The van der Waals surface area contributed by atoms with Gasteiger partial charge in [0.05, 0.1) is 19.9 Å². The highest BCUT2D eigenvalue weighted by molar-refractivity contribution is 6.07. The van der Waals surface area contributed by atoms with Gasteiger partial charge >= 0.3 is 0 Å². The summed E-state index contributed by atoms with van der Waals surface area (Å²) in [6.45, 7) is 1.62. The summed E-state index contributed by atoms with van der Waals surface area (Å²) in [5, 5.41) is 2.74. The molecule has 0 aromatic heterocycles. The molecule has 0 radical (unpaired) electrons. The highest BCUT2D eigenvalue weighted by Gasteiger charge is 2.11. The van der Waals surface area contributed by atoms with Gasteiger partial charge in [-0.2, -0.15) is 0 Å². The Bertz CT molecular complexity index is 741. The molecule has 0 aliphatic carbocycles. The number of hydrogen-bond donors (Lipinski definition) is 1. The van der Waals surface area contributed by atoms with Gasteiger partial charge in [0.1, 0.15) is 17.3 Å². The van der Waals surface area contributed by atoms with Crippen LogP contribution in [0.25, 0.3) is 6.08 Å². The molecule has 5 heteroatoms. The predicted molar refractivity (Wildman–Crippen MR) is 88.2 cm³/mol. The van der Waals surface area contributed by atoms with E-state index in [-0.39, 0.29) is 11.7 Å². The van der Waals surface area contributed by atoms with Gasteiger partial charge in [-0.05, 0) is 31.2 Å². The van der Waals surface area contributed by atoms with Crippen molar-refractivity contribution < 1.29 is 18.7 Å². The lowest BCUT2D eigenvalue weighted by atomic mass is 10.1. The monoisotopic (exact) mass is 315 g/mol. The van der Waals surface area contributed by atoms with Crippen LogP contribution >= 0.6 is 0 Å². The van der Waals surface area contributed by atoms with E-state index >= 15 is 0 Å². The second-order valence-electron chi connectivity index (χ2n) is 4.87. The first-order chi connectivity index (χ1) is 11.0. The molecule has 0 unspecified atom stereocenters. The van der Waals surface area contributed by atoms with Gasteiger partial charge in [0.15, 0.2) is 0 Å². The quantitative estimate of drug-likeness (QED) is 0.852. The molecule has 0 spiro atoms. The van der Waals surface area contributed by atoms with Crippen LogP contribution in [0.3, 0.4) is 0 Å². The molecule has 0 aliphatic rings. The van der Waals surface area contributed by atoms with Crippen molar-refractivity contribution in [3.8, 4) is 11.5 Å². The van der Waals surface area contributed by atoms with Gasteiger partial charge in [-0.3, -0.25) is 4.79 Å². The highest BCUT2D eigenvalue weighted by atomic mass is 19.1. The van der Waals surface area contributed by atoms with Crippen molar-refractivity contribution in [2.24, 2.45) is 0 Å². The topological polar surface area (TPSA) is 47.6 Å². The second kappa shape index (κ2) is 7.45. The fourth-order valence-electron chi connectivity index (χ4n) is 2.01. The lowest BCUT2D eigenvalue weighted by molar-refractivity contribution is -0.112. The third-order valence-electron chi connectivity index (χ3n) is 3.29. The third kappa shape index (κ3) is 4.10. The molecule has 0 saturated carbocycles. The Kier molecular flexibility index (Phi) is 5.36. The molecule has 0 atom stereocenters. The van der Waals surface area contributed by atoms with Gasteiger partial charge in [0.2, 0.25) is 0 Å². The number of ether oxygens (including phenoxy) is 2. The van der Waals surface area contributed by atoms with Gasteiger partial charge in [-0.25, -0.2) is 4.39 Å². The number of benzene rings is 2. The van der Waals surface area contributed by atoms with E-state index in [4.69, 9.17) is 9.47 Å². The van der Waals surface area contributed by atoms with Crippen molar-refractivity contribution in [3.05, 3.63) is 59.4 Å². The van der Waals surface area contributed by atoms with Crippen molar-refractivity contribution in [3.63, 3.8) is 0 Å².